The van der Waals surface area contributed by atoms with Gasteiger partial charge < -0.3 is 10.0 Å². The molecule has 0 bridgehead atoms. The topological polar surface area (TPSA) is 70.5 Å². The molecule has 1 aliphatic heterocycles. The molecule has 29 heavy (non-hydrogen) atoms. The van der Waals surface area contributed by atoms with Crippen LogP contribution in [0.4, 0.5) is 5.69 Å². The van der Waals surface area contributed by atoms with E-state index in [1.165, 1.54) is 6.20 Å². The van der Waals surface area contributed by atoms with Crippen molar-refractivity contribution in [3.63, 3.8) is 0 Å². The SMILES string of the molecule is O=C(CC1(O)C(=O)N(CCc2ccccc2)c2ccc(Br)cc21)c1ccccn1. The summed E-state index contributed by atoms with van der Waals surface area (Å²) >= 11 is 3.41. The lowest BCUT2D eigenvalue weighted by Crippen LogP contribution is -2.42. The highest BCUT2D eigenvalue weighted by molar-refractivity contribution is 9.10. The predicted molar refractivity (Wildman–Crippen MR) is 114 cm³/mol. The molecule has 6 heteroatoms. The van der Waals surface area contributed by atoms with Crippen LogP contribution in [0.25, 0.3) is 0 Å². The Balaban J connectivity index is 1.65. The fourth-order valence-corrected chi connectivity index (χ4v) is 4.01. The Morgan fingerprint density at radius 3 is 2.55 bits per heavy atom. The summed E-state index contributed by atoms with van der Waals surface area (Å²) in [6, 6.07) is 20.2. The fourth-order valence-electron chi connectivity index (χ4n) is 3.65. The van der Waals surface area contributed by atoms with Crippen LogP contribution in [0, 0.1) is 0 Å². The number of anilines is 1. The maximum atomic E-state index is 13.3. The van der Waals surface area contributed by atoms with Crippen LogP contribution in [0.2, 0.25) is 0 Å². The molecule has 0 saturated carbocycles. The van der Waals surface area contributed by atoms with Crippen LogP contribution in [0.5, 0.6) is 0 Å². The quantitative estimate of drug-likeness (QED) is 0.578. The highest BCUT2D eigenvalue weighted by Gasteiger charge is 2.51. The van der Waals surface area contributed by atoms with Gasteiger partial charge in [0.25, 0.3) is 5.91 Å². The van der Waals surface area contributed by atoms with E-state index < -0.39 is 11.5 Å². The number of pyridine rings is 1. The number of hydrogen-bond donors (Lipinski definition) is 1. The number of amides is 1. The van der Waals surface area contributed by atoms with Gasteiger partial charge in [0, 0.05) is 22.8 Å². The van der Waals surface area contributed by atoms with Crippen molar-refractivity contribution in [3.8, 4) is 0 Å². The zero-order chi connectivity index (χ0) is 20.4. The second kappa shape index (κ2) is 7.89. The first-order valence-corrected chi connectivity index (χ1v) is 10.1. The summed E-state index contributed by atoms with van der Waals surface area (Å²) in [5, 5.41) is 11.4. The molecule has 0 aliphatic carbocycles. The number of hydrogen-bond acceptors (Lipinski definition) is 4. The maximum absolute atomic E-state index is 13.3. The van der Waals surface area contributed by atoms with E-state index in [2.05, 4.69) is 20.9 Å². The Labute approximate surface area is 177 Å². The van der Waals surface area contributed by atoms with Gasteiger partial charge in [-0.3, -0.25) is 14.6 Å². The molecule has 5 nitrogen and oxygen atoms in total. The second-order valence-corrected chi connectivity index (χ2v) is 7.94. The lowest BCUT2D eigenvalue weighted by molar-refractivity contribution is -0.135. The molecule has 2 aromatic carbocycles. The van der Waals surface area contributed by atoms with E-state index in [0.717, 1.165) is 10.0 Å². The van der Waals surface area contributed by atoms with Gasteiger partial charge in [-0.1, -0.05) is 52.3 Å². The van der Waals surface area contributed by atoms with Crippen LogP contribution >= 0.6 is 15.9 Å². The third-order valence-corrected chi connectivity index (χ3v) is 5.62. The Morgan fingerprint density at radius 2 is 1.83 bits per heavy atom. The number of halogens is 1. The molecule has 4 rings (SSSR count). The molecule has 1 N–H and O–H groups in total. The summed E-state index contributed by atoms with van der Waals surface area (Å²) in [7, 11) is 0. The van der Waals surface area contributed by atoms with E-state index in [1.807, 2.05) is 36.4 Å². The zero-order valence-electron chi connectivity index (χ0n) is 15.6. The molecule has 1 unspecified atom stereocenters. The summed E-state index contributed by atoms with van der Waals surface area (Å²) in [4.78, 5) is 31.6. The molecule has 1 aromatic heterocycles. The van der Waals surface area contributed by atoms with Gasteiger partial charge in [0.1, 0.15) is 5.69 Å². The van der Waals surface area contributed by atoms with Gasteiger partial charge in [-0.25, -0.2) is 0 Å². The van der Waals surface area contributed by atoms with Crippen molar-refractivity contribution in [3.05, 3.63) is 94.2 Å². The molecule has 0 radical (unpaired) electrons. The average Bonchev–Trinajstić information content (AvgIpc) is 2.94. The summed E-state index contributed by atoms with van der Waals surface area (Å²) < 4.78 is 0.734. The second-order valence-electron chi connectivity index (χ2n) is 7.03. The molecule has 2 heterocycles. The van der Waals surface area contributed by atoms with Crippen molar-refractivity contribution in [2.24, 2.45) is 0 Å². The van der Waals surface area contributed by atoms with E-state index in [0.29, 0.717) is 24.2 Å². The monoisotopic (exact) mass is 450 g/mol. The highest BCUT2D eigenvalue weighted by atomic mass is 79.9. The minimum atomic E-state index is -1.91. The van der Waals surface area contributed by atoms with E-state index in [4.69, 9.17) is 0 Å². The van der Waals surface area contributed by atoms with Crippen molar-refractivity contribution < 1.29 is 14.7 Å². The van der Waals surface area contributed by atoms with E-state index >= 15 is 0 Å². The van der Waals surface area contributed by atoms with Crippen LogP contribution in [-0.2, 0) is 16.8 Å². The highest BCUT2D eigenvalue weighted by Crippen LogP contribution is 2.44. The number of carbonyl (C=O) groups excluding carboxylic acids is 2. The van der Waals surface area contributed by atoms with E-state index in [1.54, 1.807) is 35.2 Å². The zero-order valence-corrected chi connectivity index (χ0v) is 17.2. The summed E-state index contributed by atoms with van der Waals surface area (Å²) in [6.45, 7) is 0.414. The first kappa shape index (κ1) is 19.5. The Morgan fingerprint density at radius 1 is 1.07 bits per heavy atom. The molecule has 0 fully saturated rings. The van der Waals surface area contributed by atoms with Crippen LogP contribution < -0.4 is 4.90 Å². The van der Waals surface area contributed by atoms with Crippen LogP contribution in [0.1, 0.15) is 28.0 Å². The number of carbonyl (C=O) groups is 2. The van der Waals surface area contributed by atoms with E-state index in [-0.39, 0.29) is 17.9 Å². The number of nitrogens with zero attached hydrogens (tertiary/aromatic N) is 2. The van der Waals surface area contributed by atoms with Crippen molar-refractivity contribution in [2.75, 3.05) is 11.4 Å². The Hall–Kier alpha value is -2.83. The number of fused-ring (bicyclic) bond motifs is 1. The number of aromatic nitrogens is 1. The van der Waals surface area contributed by atoms with Gasteiger partial charge in [-0.2, -0.15) is 0 Å². The fraction of sp³-hybridized carbons (Fsp3) is 0.174. The van der Waals surface area contributed by atoms with Gasteiger partial charge in [0.05, 0.1) is 12.1 Å². The van der Waals surface area contributed by atoms with Crippen LogP contribution in [-0.4, -0.2) is 28.3 Å². The normalized spacial score (nSPS) is 18.0. The van der Waals surface area contributed by atoms with Gasteiger partial charge in [0.15, 0.2) is 11.4 Å². The van der Waals surface area contributed by atoms with Crippen LogP contribution in [0.15, 0.2) is 77.4 Å². The third kappa shape index (κ3) is 3.73. The molecule has 3 aromatic rings. The Kier molecular flexibility index (Phi) is 5.30. The number of aliphatic hydroxyl groups is 1. The standard InChI is InChI=1S/C23H19BrN2O3/c24-17-9-10-20-18(14-17)23(29,15-21(27)19-8-4-5-12-25-19)22(28)26(20)13-11-16-6-2-1-3-7-16/h1-10,12,14,29H,11,13,15H2. The first-order chi connectivity index (χ1) is 14.0. The van der Waals surface area contributed by atoms with Gasteiger partial charge >= 0.3 is 0 Å². The molecule has 1 atom stereocenters. The number of ketones is 1. The van der Waals surface area contributed by atoms with E-state index in [9.17, 15) is 14.7 Å². The largest absolute Gasteiger partial charge is 0.375 e. The molecular weight excluding hydrogens is 432 g/mol. The number of Topliss-reactive ketones (excluding diaryl/α,β-unsaturated/α-hetero) is 1. The molecular formula is C23H19BrN2O3. The van der Waals surface area contributed by atoms with Crippen LogP contribution in [0.3, 0.4) is 0 Å². The predicted octanol–water partition coefficient (Wildman–Crippen LogP) is 3.89. The summed E-state index contributed by atoms with van der Waals surface area (Å²) in [5.74, 6) is -0.858. The van der Waals surface area contributed by atoms with Crippen molar-refractivity contribution in [1.29, 1.82) is 0 Å². The smallest absolute Gasteiger partial charge is 0.264 e. The molecule has 1 amide bonds. The van der Waals surface area contributed by atoms with Crippen molar-refractivity contribution in [1.82, 2.24) is 4.98 Å². The third-order valence-electron chi connectivity index (χ3n) is 5.13. The first-order valence-electron chi connectivity index (χ1n) is 9.31. The average molecular weight is 451 g/mol. The lowest BCUT2D eigenvalue weighted by Gasteiger charge is -2.22. The minimum absolute atomic E-state index is 0.230. The summed E-state index contributed by atoms with van der Waals surface area (Å²) in [5.41, 5.74) is 0.483. The molecule has 1 aliphatic rings. The van der Waals surface area contributed by atoms with Crippen molar-refractivity contribution >= 4 is 33.3 Å². The van der Waals surface area contributed by atoms with Gasteiger partial charge in [-0.15, -0.1) is 0 Å². The lowest BCUT2D eigenvalue weighted by atomic mass is 9.89. The molecule has 146 valence electrons. The maximum Gasteiger partial charge on any atom is 0.264 e. The number of rotatable bonds is 6. The Bertz CT molecular complexity index is 1060. The molecule has 0 saturated heterocycles. The van der Waals surface area contributed by atoms with Crippen molar-refractivity contribution in [2.45, 2.75) is 18.4 Å². The van der Waals surface area contributed by atoms with Gasteiger partial charge in [-0.05, 0) is 42.3 Å². The van der Waals surface area contributed by atoms with Gasteiger partial charge in [0.2, 0.25) is 0 Å². The summed E-state index contributed by atoms with van der Waals surface area (Å²) in [6.07, 6.45) is 1.81. The number of benzene rings is 2. The molecule has 0 spiro atoms. The minimum Gasteiger partial charge on any atom is -0.375 e.